The maximum atomic E-state index is 14.8. The fraction of sp³-hybridized carbons (Fsp3) is 0.717. The molecule has 1 aromatic carbocycles. The Morgan fingerprint density at radius 1 is 0.900 bits per heavy atom. The molecule has 0 N–H and O–H groups in total. The van der Waals surface area contributed by atoms with Crippen LogP contribution in [0, 0.1) is 60.4 Å². The van der Waals surface area contributed by atoms with Crippen LogP contribution in [0.2, 0.25) is 0 Å². The Labute approximate surface area is 351 Å². The summed E-state index contributed by atoms with van der Waals surface area (Å²) in [6, 6.07) is 5.10. The number of rotatable bonds is 12. The number of carbonyl (C=O) groups is 3. The lowest BCUT2D eigenvalue weighted by Gasteiger charge is -2.71. The fourth-order valence-electron chi connectivity index (χ4n) is 12.8. The predicted molar refractivity (Wildman–Crippen MR) is 216 cm³/mol. The first-order valence-electron chi connectivity index (χ1n) is 21.4. The highest BCUT2D eigenvalue weighted by Gasteiger charge is 2.70. The number of hydrogen-bond acceptors (Lipinski definition) is 10. The van der Waals surface area contributed by atoms with Crippen LogP contribution in [0.25, 0.3) is 6.08 Å². The second kappa shape index (κ2) is 16.3. The van der Waals surface area contributed by atoms with Crippen LogP contribution in [0.1, 0.15) is 131 Å². The predicted octanol–water partition coefficient (Wildman–Crippen LogP) is 10.4. The minimum absolute atomic E-state index is 0.00361. The van der Waals surface area contributed by atoms with E-state index in [2.05, 4.69) is 45.5 Å². The molecule has 5 aliphatic rings. The zero-order valence-corrected chi connectivity index (χ0v) is 36.3. The molecule has 0 aromatic heterocycles. The summed E-state index contributed by atoms with van der Waals surface area (Å²) in [6.07, 6.45) is 7.66. The van der Waals surface area contributed by atoms with Crippen molar-refractivity contribution in [3.05, 3.63) is 51.6 Å². The highest BCUT2D eigenvalue weighted by molar-refractivity contribution is 5.87. The van der Waals surface area contributed by atoms with Gasteiger partial charge in [0, 0.05) is 11.5 Å². The van der Waals surface area contributed by atoms with Gasteiger partial charge in [-0.15, -0.1) is 10.1 Å². The number of methoxy groups -OCH3 is 1. The molecule has 5 aliphatic carbocycles. The van der Waals surface area contributed by atoms with Crippen LogP contribution in [-0.4, -0.2) is 55.6 Å². The van der Waals surface area contributed by atoms with Crippen molar-refractivity contribution in [1.29, 1.82) is 0 Å². The average molecular weight is 846 g/mol. The van der Waals surface area contributed by atoms with Crippen LogP contribution < -0.4 is 9.47 Å². The van der Waals surface area contributed by atoms with Gasteiger partial charge < -0.3 is 23.8 Å². The van der Waals surface area contributed by atoms with E-state index in [1.807, 2.05) is 13.8 Å². The Bertz CT molecular complexity index is 1910. The SMILES string of the molecule is COc1cc(/C=C/C(=O)OCCCCO[N+](=O)[O-])ccc1OC(=O)[C@]12CCC(C)(C)C[C@H]1C1=CC[C@@H]3[C@@]4(C)CC[C@H](OC(=O)C(F)(F)F)C(C)(C)[C@@H]4CC[C@@]3(C)[C@]1(C)CC2. The first kappa shape index (κ1) is 45.4. The number of carbonyl (C=O) groups excluding carboxylic acids is 3. The number of esters is 3. The maximum absolute atomic E-state index is 14.8. The molecule has 14 heteroatoms. The van der Waals surface area contributed by atoms with Crippen LogP contribution in [-0.2, 0) is 28.7 Å². The normalized spacial score (nSPS) is 34.1. The molecule has 0 heterocycles. The molecule has 0 saturated heterocycles. The number of halogens is 3. The van der Waals surface area contributed by atoms with Crippen LogP contribution in [0.5, 0.6) is 11.5 Å². The van der Waals surface area contributed by atoms with E-state index in [1.165, 1.54) is 18.8 Å². The summed E-state index contributed by atoms with van der Waals surface area (Å²) in [5.74, 6) is -2.02. The largest absolute Gasteiger partial charge is 0.493 e. The summed E-state index contributed by atoms with van der Waals surface area (Å²) in [5.41, 5.74) is 0.0756. The highest BCUT2D eigenvalue weighted by Crippen LogP contribution is 2.76. The minimum Gasteiger partial charge on any atom is -0.493 e. The molecule has 4 saturated carbocycles. The van der Waals surface area contributed by atoms with Gasteiger partial charge in [0.25, 0.3) is 5.09 Å². The first-order valence-corrected chi connectivity index (χ1v) is 21.4. The third-order valence-electron chi connectivity index (χ3n) is 16.2. The second-order valence-electron chi connectivity index (χ2n) is 20.2. The molecule has 0 aliphatic heterocycles. The second-order valence-corrected chi connectivity index (χ2v) is 20.2. The summed E-state index contributed by atoms with van der Waals surface area (Å²) >= 11 is 0. The number of ether oxygens (including phenoxy) is 4. The number of fused-ring (bicyclic) bond motifs is 7. The van der Waals surface area contributed by atoms with E-state index in [-0.39, 0.29) is 58.6 Å². The van der Waals surface area contributed by atoms with Crippen molar-refractivity contribution in [2.75, 3.05) is 20.3 Å². The lowest BCUT2D eigenvalue weighted by Crippen LogP contribution is -2.65. The molecule has 8 atom stereocenters. The lowest BCUT2D eigenvalue weighted by atomic mass is 9.33. The summed E-state index contributed by atoms with van der Waals surface area (Å²) in [7, 11) is 1.50. The summed E-state index contributed by atoms with van der Waals surface area (Å²) in [5, 5.41) is 9.39. The quantitative estimate of drug-likeness (QED) is 0.0380. The Balaban J connectivity index is 1.21. The van der Waals surface area contributed by atoms with Gasteiger partial charge in [-0.05, 0) is 140 Å². The van der Waals surface area contributed by atoms with E-state index in [0.717, 1.165) is 38.5 Å². The number of unbranched alkanes of at least 4 members (excludes halogenated alkanes) is 1. The number of allylic oxidation sites excluding steroid dienone is 2. The zero-order chi connectivity index (χ0) is 44.1. The van der Waals surface area contributed by atoms with E-state index in [9.17, 15) is 37.7 Å². The van der Waals surface area contributed by atoms with E-state index < -0.39 is 40.1 Å². The van der Waals surface area contributed by atoms with Crippen molar-refractivity contribution in [2.24, 2.45) is 50.2 Å². The maximum Gasteiger partial charge on any atom is 0.490 e. The van der Waals surface area contributed by atoms with Crippen LogP contribution in [0.15, 0.2) is 35.9 Å². The molecule has 0 bridgehead atoms. The van der Waals surface area contributed by atoms with E-state index in [4.69, 9.17) is 18.9 Å². The Morgan fingerprint density at radius 2 is 1.60 bits per heavy atom. The topological polar surface area (TPSA) is 141 Å². The summed E-state index contributed by atoms with van der Waals surface area (Å²) in [6.45, 7) is 15.7. The van der Waals surface area contributed by atoms with Crippen molar-refractivity contribution in [3.8, 4) is 11.5 Å². The first-order chi connectivity index (χ1) is 27.9. The molecular formula is C46H62F3NO10. The van der Waals surface area contributed by atoms with Gasteiger partial charge in [0.2, 0.25) is 0 Å². The van der Waals surface area contributed by atoms with Crippen LogP contribution >= 0.6 is 0 Å². The van der Waals surface area contributed by atoms with Gasteiger partial charge >= 0.3 is 24.1 Å². The molecule has 4 fully saturated rings. The van der Waals surface area contributed by atoms with Crippen LogP contribution in [0.3, 0.4) is 0 Å². The monoisotopic (exact) mass is 845 g/mol. The van der Waals surface area contributed by atoms with Gasteiger partial charge in [-0.2, -0.15) is 13.2 Å². The molecule has 1 aromatic rings. The molecule has 0 spiro atoms. The number of alkyl halides is 3. The molecule has 0 radical (unpaired) electrons. The summed E-state index contributed by atoms with van der Waals surface area (Å²) < 4.78 is 62.3. The van der Waals surface area contributed by atoms with E-state index in [0.29, 0.717) is 55.6 Å². The minimum atomic E-state index is -5.03. The summed E-state index contributed by atoms with van der Waals surface area (Å²) in [4.78, 5) is 53.6. The van der Waals surface area contributed by atoms with E-state index >= 15 is 0 Å². The van der Waals surface area contributed by atoms with Gasteiger partial charge in [0.1, 0.15) is 6.10 Å². The smallest absolute Gasteiger partial charge is 0.490 e. The van der Waals surface area contributed by atoms with Crippen molar-refractivity contribution in [3.63, 3.8) is 0 Å². The molecule has 6 rings (SSSR count). The Kier molecular flexibility index (Phi) is 12.3. The van der Waals surface area contributed by atoms with Gasteiger partial charge in [-0.1, -0.05) is 66.2 Å². The Hall–Kier alpha value is -4.10. The van der Waals surface area contributed by atoms with Gasteiger partial charge in [-0.25, -0.2) is 9.59 Å². The molecule has 11 nitrogen and oxygen atoms in total. The molecule has 60 heavy (non-hydrogen) atoms. The fourth-order valence-corrected chi connectivity index (χ4v) is 12.8. The lowest BCUT2D eigenvalue weighted by molar-refractivity contribution is -0.757. The van der Waals surface area contributed by atoms with Crippen molar-refractivity contribution in [1.82, 2.24) is 0 Å². The van der Waals surface area contributed by atoms with Crippen molar-refractivity contribution < 1.29 is 56.4 Å². The Morgan fingerprint density at radius 3 is 2.28 bits per heavy atom. The standard InChI is InChI=1S/C46H62F3NO10/c1-40(2)21-23-45(38(52)59-32-14-11-29(27-33(32)56-8)12-16-37(51)57-25-9-10-26-58-50(54)55)24-22-43(6)30(31(45)28-40)13-15-35-42(5)19-18-36(60-39(53)46(47,48)49)41(3,4)34(42)17-20-44(35,43)7/h11-14,16,27,31,34-36H,9-10,15,17-26,28H2,1-8H3/b16-12+/t31-,34-,35+,36-,42-,43+,44+,45-/m0/s1. The molecule has 0 unspecified atom stereocenters. The third kappa shape index (κ3) is 8.17. The van der Waals surface area contributed by atoms with Gasteiger partial charge in [-0.3, -0.25) is 4.79 Å². The van der Waals surface area contributed by atoms with Crippen molar-refractivity contribution >= 4 is 24.0 Å². The number of hydrogen-bond donors (Lipinski definition) is 0. The molecule has 332 valence electrons. The zero-order valence-electron chi connectivity index (χ0n) is 36.3. The van der Waals surface area contributed by atoms with Crippen molar-refractivity contribution in [2.45, 2.75) is 138 Å². The highest BCUT2D eigenvalue weighted by atomic mass is 19.4. The third-order valence-corrected chi connectivity index (χ3v) is 16.2. The van der Waals surface area contributed by atoms with Gasteiger partial charge in [0.05, 0.1) is 25.7 Å². The average Bonchev–Trinajstić information content (AvgIpc) is 3.16. The van der Waals surface area contributed by atoms with E-state index in [1.54, 1.807) is 24.3 Å². The molecular weight excluding hydrogens is 783 g/mol. The van der Waals surface area contributed by atoms with Gasteiger partial charge in [0.15, 0.2) is 11.5 Å². The number of benzene rings is 1. The molecule has 0 amide bonds. The number of nitrogens with zero attached hydrogens (tertiary/aromatic N) is 1. The van der Waals surface area contributed by atoms with Crippen LogP contribution in [0.4, 0.5) is 13.2 Å².